The van der Waals surface area contributed by atoms with E-state index < -0.39 is 0 Å². The van der Waals surface area contributed by atoms with Gasteiger partial charge in [0.15, 0.2) is 0 Å². The summed E-state index contributed by atoms with van der Waals surface area (Å²) in [5.41, 5.74) is 2.21. The van der Waals surface area contributed by atoms with E-state index in [1.807, 2.05) is 38.1 Å². The molecule has 0 bridgehead atoms. The molecule has 0 amide bonds. The molecule has 0 spiro atoms. The van der Waals surface area contributed by atoms with Gasteiger partial charge in [-0.3, -0.25) is 9.78 Å². The second-order valence-corrected chi connectivity index (χ2v) is 6.53. The van der Waals surface area contributed by atoms with Gasteiger partial charge in [0.1, 0.15) is 0 Å². The van der Waals surface area contributed by atoms with Crippen LogP contribution in [0.3, 0.4) is 0 Å². The predicted octanol–water partition coefficient (Wildman–Crippen LogP) is 4.39. The number of nitrogens with zero attached hydrogens (tertiary/aromatic N) is 3. The normalized spacial score (nSPS) is 10.7. The SMILES string of the molecule is Cc1nn(C(=O)c2ccncc2)c(C)c1Sc1ccc(Cl)cc1. The molecule has 0 fully saturated rings. The Balaban J connectivity index is 1.93. The summed E-state index contributed by atoms with van der Waals surface area (Å²) < 4.78 is 1.45. The Morgan fingerprint density at radius 2 is 1.74 bits per heavy atom. The zero-order chi connectivity index (χ0) is 16.4. The first kappa shape index (κ1) is 15.8. The summed E-state index contributed by atoms with van der Waals surface area (Å²) in [6, 6.07) is 11.0. The van der Waals surface area contributed by atoms with Crippen molar-refractivity contribution < 1.29 is 4.79 Å². The molecule has 0 aliphatic heterocycles. The van der Waals surface area contributed by atoms with Crippen LogP contribution in [0.2, 0.25) is 5.02 Å². The quantitative estimate of drug-likeness (QED) is 0.707. The van der Waals surface area contributed by atoms with E-state index in [0.717, 1.165) is 21.2 Å². The van der Waals surface area contributed by atoms with Gasteiger partial charge in [-0.25, -0.2) is 0 Å². The van der Waals surface area contributed by atoms with E-state index in [4.69, 9.17) is 11.6 Å². The van der Waals surface area contributed by atoms with Crippen LogP contribution in [-0.2, 0) is 0 Å². The lowest BCUT2D eigenvalue weighted by molar-refractivity contribution is 0.0942. The molecule has 0 radical (unpaired) electrons. The lowest BCUT2D eigenvalue weighted by Crippen LogP contribution is -2.15. The van der Waals surface area contributed by atoms with E-state index >= 15 is 0 Å². The smallest absolute Gasteiger partial charge is 0.267 e. The van der Waals surface area contributed by atoms with E-state index in [2.05, 4.69) is 10.1 Å². The van der Waals surface area contributed by atoms with Crippen LogP contribution in [0.4, 0.5) is 0 Å². The van der Waals surface area contributed by atoms with Crippen LogP contribution >= 0.6 is 23.4 Å². The van der Waals surface area contributed by atoms with E-state index in [0.29, 0.717) is 10.6 Å². The number of pyridine rings is 1. The standard InChI is InChI=1S/C17H14ClN3OS/c1-11-16(23-15-5-3-14(18)4-6-15)12(2)21(20-11)17(22)13-7-9-19-10-8-13/h3-10H,1-2H3. The number of hydrogen-bond acceptors (Lipinski definition) is 4. The Labute approximate surface area is 143 Å². The first-order valence-corrected chi connectivity index (χ1v) is 8.20. The molecule has 0 saturated heterocycles. The number of aromatic nitrogens is 3. The van der Waals surface area contributed by atoms with Gasteiger partial charge in [0, 0.05) is 27.9 Å². The van der Waals surface area contributed by atoms with Crippen LogP contribution in [0.1, 0.15) is 21.7 Å². The van der Waals surface area contributed by atoms with Gasteiger partial charge < -0.3 is 0 Å². The number of benzene rings is 1. The highest BCUT2D eigenvalue weighted by atomic mass is 35.5. The van der Waals surface area contributed by atoms with Crippen molar-refractivity contribution in [2.45, 2.75) is 23.6 Å². The molecular formula is C17H14ClN3OS. The van der Waals surface area contributed by atoms with Gasteiger partial charge in [0.2, 0.25) is 0 Å². The number of halogens is 1. The Kier molecular flexibility index (Phi) is 4.50. The highest BCUT2D eigenvalue weighted by Gasteiger charge is 2.18. The van der Waals surface area contributed by atoms with E-state index in [1.54, 1.807) is 36.3 Å². The lowest BCUT2D eigenvalue weighted by atomic mass is 10.2. The Morgan fingerprint density at radius 1 is 1.09 bits per heavy atom. The van der Waals surface area contributed by atoms with Crippen molar-refractivity contribution in [3.63, 3.8) is 0 Å². The molecule has 3 rings (SSSR count). The molecule has 0 atom stereocenters. The third kappa shape index (κ3) is 3.30. The molecule has 6 heteroatoms. The second-order valence-electron chi connectivity index (χ2n) is 5.01. The summed E-state index contributed by atoms with van der Waals surface area (Å²) in [7, 11) is 0. The molecule has 0 aliphatic carbocycles. The highest BCUT2D eigenvalue weighted by Crippen LogP contribution is 2.33. The fourth-order valence-corrected chi connectivity index (χ4v) is 3.27. The fourth-order valence-electron chi connectivity index (χ4n) is 2.21. The van der Waals surface area contributed by atoms with Crippen LogP contribution in [0.5, 0.6) is 0 Å². The molecule has 0 saturated carbocycles. The lowest BCUT2D eigenvalue weighted by Gasteiger charge is -2.04. The number of carbonyl (C=O) groups excluding carboxylic acids is 1. The molecular weight excluding hydrogens is 330 g/mol. The maximum atomic E-state index is 12.6. The van der Waals surface area contributed by atoms with Crippen molar-refractivity contribution in [3.05, 3.63) is 70.8 Å². The molecule has 0 N–H and O–H groups in total. The van der Waals surface area contributed by atoms with Crippen molar-refractivity contribution >= 4 is 29.3 Å². The molecule has 116 valence electrons. The van der Waals surface area contributed by atoms with Crippen molar-refractivity contribution in [2.24, 2.45) is 0 Å². The third-order valence-electron chi connectivity index (χ3n) is 3.38. The van der Waals surface area contributed by atoms with Gasteiger partial charge in [-0.05, 0) is 50.2 Å². The van der Waals surface area contributed by atoms with Crippen molar-refractivity contribution in [3.8, 4) is 0 Å². The number of carbonyl (C=O) groups is 1. The van der Waals surface area contributed by atoms with Crippen molar-refractivity contribution in [1.82, 2.24) is 14.8 Å². The van der Waals surface area contributed by atoms with Crippen LogP contribution in [0.15, 0.2) is 58.6 Å². The Hall–Kier alpha value is -2.11. The summed E-state index contributed by atoms with van der Waals surface area (Å²) in [6.07, 6.45) is 3.20. The number of rotatable bonds is 3. The van der Waals surface area contributed by atoms with Gasteiger partial charge in [0.25, 0.3) is 5.91 Å². The minimum atomic E-state index is -0.157. The molecule has 2 heterocycles. The van der Waals surface area contributed by atoms with Gasteiger partial charge in [0.05, 0.1) is 16.3 Å². The summed E-state index contributed by atoms with van der Waals surface area (Å²) >= 11 is 7.49. The van der Waals surface area contributed by atoms with Crippen molar-refractivity contribution in [2.75, 3.05) is 0 Å². The number of hydrogen-bond donors (Lipinski definition) is 0. The first-order chi connectivity index (χ1) is 11.1. The zero-order valence-electron chi connectivity index (χ0n) is 12.7. The largest absolute Gasteiger partial charge is 0.278 e. The van der Waals surface area contributed by atoms with Gasteiger partial charge in [-0.15, -0.1) is 0 Å². The summed E-state index contributed by atoms with van der Waals surface area (Å²) in [5.74, 6) is -0.157. The Bertz CT molecular complexity index is 844. The van der Waals surface area contributed by atoms with E-state index in [9.17, 15) is 4.79 Å². The molecule has 0 aliphatic rings. The number of aryl methyl sites for hydroxylation is 1. The molecule has 4 nitrogen and oxygen atoms in total. The average molecular weight is 344 g/mol. The summed E-state index contributed by atoms with van der Waals surface area (Å²) in [6.45, 7) is 3.80. The highest BCUT2D eigenvalue weighted by molar-refractivity contribution is 7.99. The zero-order valence-corrected chi connectivity index (χ0v) is 14.2. The molecule has 23 heavy (non-hydrogen) atoms. The topological polar surface area (TPSA) is 47.8 Å². The van der Waals surface area contributed by atoms with Crippen LogP contribution in [0, 0.1) is 13.8 Å². The van der Waals surface area contributed by atoms with Crippen molar-refractivity contribution in [1.29, 1.82) is 0 Å². The van der Waals surface area contributed by atoms with Gasteiger partial charge in [-0.1, -0.05) is 23.4 Å². The molecule has 2 aromatic heterocycles. The summed E-state index contributed by atoms with van der Waals surface area (Å²) in [4.78, 5) is 18.5. The fraction of sp³-hybridized carbons (Fsp3) is 0.118. The monoisotopic (exact) mass is 343 g/mol. The van der Waals surface area contributed by atoms with E-state index in [1.165, 1.54) is 4.68 Å². The minimum Gasteiger partial charge on any atom is -0.267 e. The van der Waals surface area contributed by atoms with E-state index in [-0.39, 0.29) is 5.91 Å². The molecule has 3 aromatic rings. The van der Waals surface area contributed by atoms with Crippen LogP contribution < -0.4 is 0 Å². The van der Waals surface area contributed by atoms with Crippen LogP contribution in [0.25, 0.3) is 0 Å². The Morgan fingerprint density at radius 3 is 2.39 bits per heavy atom. The molecule has 1 aromatic carbocycles. The first-order valence-electron chi connectivity index (χ1n) is 7.00. The maximum Gasteiger partial charge on any atom is 0.278 e. The average Bonchev–Trinajstić information content (AvgIpc) is 2.85. The third-order valence-corrected chi connectivity index (χ3v) is 4.93. The van der Waals surface area contributed by atoms with Gasteiger partial charge >= 0.3 is 0 Å². The summed E-state index contributed by atoms with van der Waals surface area (Å²) in [5, 5.41) is 5.10. The maximum absolute atomic E-state index is 12.6. The van der Waals surface area contributed by atoms with Crippen LogP contribution in [-0.4, -0.2) is 20.7 Å². The predicted molar refractivity (Wildman–Crippen MR) is 91.2 cm³/mol. The second kappa shape index (κ2) is 6.56. The minimum absolute atomic E-state index is 0.157. The molecule has 0 unspecified atom stereocenters. The van der Waals surface area contributed by atoms with Gasteiger partial charge in [-0.2, -0.15) is 9.78 Å².